The van der Waals surface area contributed by atoms with E-state index in [0.29, 0.717) is 24.8 Å². The van der Waals surface area contributed by atoms with Crippen LogP contribution in [-0.2, 0) is 14.4 Å². The average molecular weight is 234 g/mol. The number of oxime groups is 2. The van der Waals surface area contributed by atoms with Crippen LogP contribution in [0, 0.1) is 6.92 Å². The zero-order valence-electron chi connectivity index (χ0n) is 9.84. The third-order valence-corrected chi connectivity index (χ3v) is 2.35. The topological polar surface area (TPSA) is 52.4 Å². The van der Waals surface area contributed by atoms with Crippen LogP contribution in [0.3, 0.4) is 0 Å². The molecule has 0 saturated heterocycles. The van der Waals surface area contributed by atoms with Gasteiger partial charge in [-0.1, -0.05) is 29.4 Å². The molecule has 1 aromatic carbocycles. The molecule has 0 atom stereocenters. The van der Waals surface area contributed by atoms with Crippen molar-refractivity contribution in [3.63, 3.8) is 0 Å². The summed E-state index contributed by atoms with van der Waals surface area (Å²) in [6, 6.07) is 7.82. The van der Waals surface area contributed by atoms with Crippen LogP contribution in [0.5, 0.6) is 0 Å². The lowest BCUT2D eigenvalue weighted by Crippen LogP contribution is -2.26. The smallest absolute Gasteiger partial charge is 0.280 e. The number of ether oxygens (including phenoxy) is 1. The van der Waals surface area contributed by atoms with Gasteiger partial charge in [0.25, 0.3) is 5.90 Å². The van der Waals surface area contributed by atoms with Gasteiger partial charge in [-0.2, -0.15) is 0 Å². The quantitative estimate of drug-likeness (QED) is 0.591. The first-order valence-corrected chi connectivity index (χ1v) is 5.33. The number of benzene rings is 1. The Morgan fingerprint density at radius 3 is 2.82 bits per heavy atom. The maximum absolute atomic E-state index is 5.42. The van der Waals surface area contributed by atoms with Crippen molar-refractivity contribution in [3.8, 4) is 0 Å². The predicted molar refractivity (Wildman–Crippen MR) is 64.1 cm³/mol. The molecule has 2 rings (SSSR count). The maximum Gasteiger partial charge on any atom is 0.280 e. The highest BCUT2D eigenvalue weighted by atomic mass is 16.7. The molecular formula is C12H14N2O3. The number of aryl methyl sites for hydroxylation is 1. The zero-order chi connectivity index (χ0) is 12.1. The minimum Gasteiger partial charge on any atom is -0.470 e. The molecule has 5 heteroatoms. The molecule has 17 heavy (non-hydrogen) atoms. The van der Waals surface area contributed by atoms with Crippen molar-refractivity contribution in [1.82, 2.24) is 0 Å². The summed E-state index contributed by atoms with van der Waals surface area (Å²) < 4.78 is 5.42. The summed E-state index contributed by atoms with van der Waals surface area (Å²) in [4.78, 5) is 9.84. The molecule has 0 amide bonds. The van der Waals surface area contributed by atoms with E-state index in [1.54, 1.807) is 0 Å². The average Bonchev–Trinajstić information content (AvgIpc) is 2.38. The zero-order valence-corrected chi connectivity index (χ0v) is 9.84. The molecule has 1 aliphatic heterocycles. The van der Waals surface area contributed by atoms with Crippen molar-refractivity contribution < 1.29 is 14.4 Å². The van der Waals surface area contributed by atoms with Crippen molar-refractivity contribution in [2.75, 3.05) is 20.3 Å². The van der Waals surface area contributed by atoms with E-state index < -0.39 is 0 Å². The molecule has 0 bridgehead atoms. The lowest BCUT2D eigenvalue weighted by atomic mass is 10.0. The second-order valence-electron chi connectivity index (χ2n) is 3.52. The lowest BCUT2D eigenvalue weighted by Gasteiger charge is -2.15. The standard InChI is InChI=1S/C12H14N2O3/c1-9-5-3-4-6-10(9)11(13-15-2)12-14-17-8-7-16-12/h3-6H,7-8H2,1-2H3/b13-11-. The number of nitrogens with zero attached hydrogens (tertiary/aromatic N) is 2. The van der Waals surface area contributed by atoms with E-state index in [9.17, 15) is 0 Å². The van der Waals surface area contributed by atoms with E-state index >= 15 is 0 Å². The van der Waals surface area contributed by atoms with Gasteiger partial charge in [-0.05, 0) is 17.6 Å². The summed E-state index contributed by atoms with van der Waals surface area (Å²) in [7, 11) is 1.49. The molecule has 0 saturated carbocycles. The Morgan fingerprint density at radius 2 is 2.18 bits per heavy atom. The van der Waals surface area contributed by atoms with Crippen LogP contribution in [0.15, 0.2) is 34.6 Å². The molecule has 0 aliphatic carbocycles. The van der Waals surface area contributed by atoms with Gasteiger partial charge in [-0.15, -0.1) is 0 Å². The Kier molecular flexibility index (Phi) is 3.59. The molecule has 90 valence electrons. The first-order valence-electron chi connectivity index (χ1n) is 5.33. The second-order valence-corrected chi connectivity index (χ2v) is 3.52. The van der Waals surface area contributed by atoms with E-state index in [4.69, 9.17) is 14.4 Å². The van der Waals surface area contributed by atoms with Gasteiger partial charge in [0.1, 0.15) is 13.7 Å². The van der Waals surface area contributed by atoms with E-state index in [1.165, 1.54) is 7.11 Å². The normalized spacial score (nSPS) is 15.6. The molecular weight excluding hydrogens is 220 g/mol. The minimum absolute atomic E-state index is 0.354. The number of rotatable bonds is 3. The van der Waals surface area contributed by atoms with Gasteiger partial charge < -0.3 is 14.4 Å². The summed E-state index contributed by atoms with van der Waals surface area (Å²) in [5.74, 6) is 0.354. The summed E-state index contributed by atoms with van der Waals surface area (Å²) in [5.41, 5.74) is 2.53. The number of hydrogen-bond acceptors (Lipinski definition) is 5. The Balaban J connectivity index is 2.39. The van der Waals surface area contributed by atoms with E-state index in [-0.39, 0.29) is 0 Å². The van der Waals surface area contributed by atoms with E-state index in [2.05, 4.69) is 10.3 Å². The van der Waals surface area contributed by atoms with Crippen molar-refractivity contribution in [1.29, 1.82) is 0 Å². The van der Waals surface area contributed by atoms with Gasteiger partial charge in [0.15, 0.2) is 12.3 Å². The first-order chi connectivity index (χ1) is 8.33. The predicted octanol–water partition coefficient (Wildman–Crippen LogP) is 1.71. The van der Waals surface area contributed by atoms with E-state index in [0.717, 1.165) is 11.1 Å². The maximum atomic E-state index is 5.42. The summed E-state index contributed by atoms with van der Waals surface area (Å²) in [5, 5.41) is 7.81. The lowest BCUT2D eigenvalue weighted by molar-refractivity contribution is 0.0672. The monoisotopic (exact) mass is 234 g/mol. The summed E-state index contributed by atoms with van der Waals surface area (Å²) in [6.07, 6.45) is 0. The van der Waals surface area contributed by atoms with Crippen molar-refractivity contribution in [2.45, 2.75) is 6.92 Å². The summed E-state index contributed by atoms with van der Waals surface area (Å²) in [6.45, 7) is 2.91. The van der Waals surface area contributed by atoms with Crippen molar-refractivity contribution in [2.24, 2.45) is 10.3 Å². The molecule has 0 spiro atoms. The molecule has 1 aliphatic rings. The first kappa shape index (κ1) is 11.4. The fourth-order valence-corrected chi connectivity index (χ4v) is 1.55. The van der Waals surface area contributed by atoms with Gasteiger partial charge in [-0.3, -0.25) is 0 Å². The molecule has 0 radical (unpaired) electrons. The third-order valence-electron chi connectivity index (χ3n) is 2.35. The van der Waals surface area contributed by atoms with Crippen LogP contribution in [-0.4, -0.2) is 31.9 Å². The van der Waals surface area contributed by atoms with Crippen LogP contribution < -0.4 is 0 Å². The fraction of sp³-hybridized carbons (Fsp3) is 0.333. The van der Waals surface area contributed by atoms with Crippen LogP contribution in [0.4, 0.5) is 0 Å². The fourth-order valence-electron chi connectivity index (χ4n) is 1.55. The molecule has 0 unspecified atom stereocenters. The molecule has 0 N–H and O–H groups in total. The molecule has 0 fully saturated rings. The highest BCUT2D eigenvalue weighted by molar-refractivity contribution is 6.45. The highest BCUT2D eigenvalue weighted by Gasteiger charge is 2.19. The van der Waals surface area contributed by atoms with Gasteiger partial charge in [-0.25, -0.2) is 0 Å². The van der Waals surface area contributed by atoms with Crippen LogP contribution >= 0.6 is 0 Å². The second kappa shape index (κ2) is 5.34. The highest BCUT2D eigenvalue weighted by Crippen LogP contribution is 2.12. The Labute approximate surface area is 99.7 Å². The van der Waals surface area contributed by atoms with Gasteiger partial charge in [0.2, 0.25) is 0 Å². The Morgan fingerprint density at radius 1 is 1.35 bits per heavy atom. The van der Waals surface area contributed by atoms with Crippen LogP contribution in [0.1, 0.15) is 11.1 Å². The third kappa shape index (κ3) is 2.55. The Bertz CT molecular complexity index is 455. The van der Waals surface area contributed by atoms with Gasteiger partial charge in [0, 0.05) is 5.56 Å². The number of hydrogen-bond donors (Lipinski definition) is 0. The van der Waals surface area contributed by atoms with Crippen LogP contribution in [0.25, 0.3) is 0 Å². The molecule has 1 aromatic rings. The van der Waals surface area contributed by atoms with Gasteiger partial charge >= 0.3 is 0 Å². The molecule has 5 nitrogen and oxygen atoms in total. The molecule has 1 heterocycles. The van der Waals surface area contributed by atoms with Crippen molar-refractivity contribution >= 4 is 11.6 Å². The van der Waals surface area contributed by atoms with Crippen molar-refractivity contribution in [3.05, 3.63) is 35.4 Å². The van der Waals surface area contributed by atoms with E-state index in [1.807, 2.05) is 31.2 Å². The van der Waals surface area contributed by atoms with Gasteiger partial charge in [0.05, 0.1) is 0 Å². The Hall–Kier alpha value is -2.04. The summed E-state index contributed by atoms with van der Waals surface area (Å²) >= 11 is 0. The minimum atomic E-state index is 0.354. The van der Waals surface area contributed by atoms with Crippen LogP contribution in [0.2, 0.25) is 0 Å². The largest absolute Gasteiger partial charge is 0.470 e. The SMILES string of the molecule is CO/N=C(\C1=NOCCO1)c1ccccc1C. The molecule has 0 aromatic heterocycles.